The van der Waals surface area contributed by atoms with Crippen LogP contribution in [0.15, 0.2) is 65.4 Å². The zero-order valence-corrected chi connectivity index (χ0v) is 20.5. The number of fused-ring (bicyclic) bond motifs is 1. The Bertz CT molecular complexity index is 1400. The number of hydrogen-bond donors (Lipinski definition) is 1. The molecule has 1 N–H and O–H groups in total. The zero-order chi connectivity index (χ0) is 24.9. The highest BCUT2D eigenvalue weighted by atomic mass is 16.5. The molecule has 180 valence electrons. The predicted octanol–water partition coefficient (Wildman–Crippen LogP) is 6.26. The van der Waals surface area contributed by atoms with Crippen LogP contribution in [0, 0.1) is 6.92 Å². The van der Waals surface area contributed by atoms with E-state index in [0.717, 1.165) is 33.2 Å². The summed E-state index contributed by atoms with van der Waals surface area (Å²) in [6.45, 7) is 6.21. The maximum absolute atomic E-state index is 12.7. The average molecular weight is 473 g/mol. The first kappa shape index (κ1) is 23.9. The Morgan fingerprint density at radius 2 is 1.89 bits per heavy atom. The number of carbonyl (C=O) groups is 1. The van der Waals surface area contributed by atoms with Gasteiger partial charge in [0, 0.05) is 40.4 Å². The first-order valence-corrected chi connectivity index (χ1v) is 11.3. The minimum absolute atomic E-state index is 0.273. The number of carbonyl (C=O) groups excluding carboxylic acids is 1. The molecule has 0 atom stereocenters. The fourth-order valence-electron chi connectivity index (χ4n) is 3.91. The quantitative estimate of drug-likeness (QED) is 0.305. The highest BCUT2D eigenvalue weighted by Gasteiger charge is 2.18. The molecule has 4 rings (SSSR count). The van der Waals surface area contributed by atoms with Gasteiger partial charge in [-0.25, -0.2) is 4.98 Å². The van der Waals surface area contributed by atoms with Gasteiger partial charge in [0.2, 0.25) is 5.91 Å². The fraction of sp³-hybridized carbons (Fsp3) is 0.214. The molecule has 2 aromatic heterocycles. The smallest absolute Gasteiger partial charge is 0.249 e. The molecule has 0 unspecified atom stereocenters. The second-order valence-corrected chi connectivity index (χ2v) is 8.03. The van der Waals surface area contributed by atoms with Crippen molar-refractivity contribution < 1.29 is 23.4 Å². The lowest BCUT2D eigenvalue weighted by Gasteiger charge is -2.13. The van der Waals surface area contributed by atoms with Crippen molar-refractivity contribution in [3.05, 3.63) is 72.1 Å². The third kappa shape index (κ3) is 5.14. The van der Waals surface area contributed by atoms with Crippen molar-refractivity contribution in [3.8, 4) is 28.4 Å². The topological polar surface area (TPSA) is 82.8 Å². The number of anilines is 1. The molecule has 0 aliphatic rings. The van der Waals surface area contributed by atoms with Gasteiger partial charge in [-0.05, 0) is 68.3 Å². The molecule has 0 aliphatic carbocycles. The second-order valence-electron chi connectivity index (χ2n) is 8.03. The zero-order valence-electron chi connectivity index (χ0n) is 20.5. The highest BCUT2D eigenvalue weighted by Crippen LogP contribution is 2.41. The summed E-state index contributed by atoms with van der Waals surface area (Å²) in [6.07, 6.45) is 4.89. The van der Waals surface area contributed by atoms with E-state index < -0.39 is 0 Å². The molecule has 7 heteroatoms. The molecule has 0 fully saturated rings. The van der Waals surface area contributed by atoms with Crippen molar-refractivity contribution in [1.82, 2.24) is 4.98 Å². The maximum atomic E-state index is 12.7. The van der Waals surface area contributed by atoms with Crippen LogP contribution in [0.3, 0.4) is 0 Å². The minimum atomic E-state index is -0.273. The van der Waals surface area contributed by atoms with Gasteiger partial charge in [0.05, 0.1) is 27.1 Å². The van der Waals surface area contributed by atoms with E-state index in [2.05, 4.69) is 10.3 Å². The second kappa shape index (κ2) is 10.3. The number of ether oxygens (including phenoxy) is 3. The summed E-state index contributed by atoms with van der Waals surface area (Å²) in [6, 6.07) is 13.1. The van der Waals surface area contributed by atoms with Crippen molar-refractivity contribution in [2.75, 3.05) is 26.1 Å². The van der Waals surface area contributed by atoms with E-state index in [9.17, 15) is 4.79 Å². The van der Waals surface area contributed by atoms with Crippen molar-refractivity contribution in [1.29, 1.82) is 0 Å². The van der Waals surface area contributed by atoms with Gasteiger partial charge < -0.3 is 23.9 Å². The van der Waals surface area contributed by atoms with E-state index in [1.54, 1.807) is 32.8 Å². The largest absolute Gasteiger partial charge is 0.497 e. The van der Waals surface area contributed by atoms with E-state index in [1.165, 1.54) is 0 Å². The molecular formula is C28H28N2O5. The lowest BCUT2D eigenvalue weighted by atomic mass is 9.98. The number of nitrogens with one attached hydrogen (secondary N) is 1. The van der Waals surface area contributed by atoms with Crippen LogP contribution in [-0.4, -0.2) is 31.7 Å². The fourth-order valence-corrected chi connectivity index (χ4v) is 3.91. The number of pyridine rings is 1. The third-order valence-corrected chi connectivity index (χ3v) is 5.61. The Morgan fingerprint density at radius 1 is 1.06 bits per heavy atom. The Hall–Kier alpha value is -4.26. The summed E-state index contributed by atoms with van der Waals surface area (Å²) < 4.78 is 22.8. The molecule has 0 radical (unpaired) electrons. The minimum Gasteiger partial charge on any atom is -0.497 e. The van der Waals surface area contributed by atoms with Crippen molar-refractivity contribution in [2.45, 2.75) is 20.8 Å². The molecule has 0 bridgehead atoms. The number of hydrogen-bond acceptors (Lipinski definition) is 6. The van der Waals surface area contributed by atoms with Crippen LogP contribution in [0.25, 0.3) is 27.7 Å². The summed E-state index contributed by atoms with van der Waals surface area (Å²) in [5.74, 6) is 2.26. The van der Waals surface area contributed by atoms with Crippen LogP contribution in [-0.2, 0) is 4.79 Å². The Kier molecular flexibility index (Phi) is 7.06. The predicted molar refractivity (Wildman–Crippen MR) is 137 cm³/mol. The van der Waals surface area contributed by atoms with Gasteiger partial charge >= 0.3 is 0 Å². The van der Waals surface area contributed by atoms with E-state index in [-0.39, 0.29) is 5.91 Å². The molecule has 4 aromatic rings. The molecule has 0 saturated carbocycles. The molecule has 1 amide bonds. The van der Waals surface area contributed by atoms with Crippen LogP contribution in [0.1, 0.15) is 25.0 Å². The van der Waals surface area contributed by atoms with Crippen LogP contribution in [0.4, 0.5) is 5.82 Å². The van der Waals surface area contributed by atoms with E-state index in [0.29, 0.717) is 35.3 Å². The van der Waals surface area contributed by atoms with Crippen LogP contribution in [0.2, 0.25) is 0 Å². The standard InChI is InChI=1S/C28H28N2O5/c1-6-34-25-15-26-22(23(16-35-26)21-13-19(32-4)7-8-24(21)33-5)14-20(25)18(3)12-28(31)30-27-11-17(2)9-10-29-27/h7-16H,6H2,1-5H3,(H,29,30,31)/b18-12+. The number of furan rings is 1. The Morgan fingerprint density at radius 3 is 2.60 bits per heavy atom. The van der Waals surface area contributed by atoms with E-state index in [1.807, 2.05) is 63.2 Å². The molecular weight excluding hydrogens is 444 g/mol. The normalized spacial score (nSPS) is 11.4. The summed E-state index contributed by atoms with van der Waals surface area (Å²) in [5.41, 5.74) is 4.90. The Balaban J connectivity index is 1.78. The molecule has 2 aromatic carbocycles. The van der Waals surface area contributed by atoms with Crippen molar-refractivity contribution in [2.24, 2.45) is 0 Å². The third-order valence-electron chi connectivity index (χ3n) is 5.61. The number of methoxy groups -OCH3 is 2. The van der Waals surface area contributed by atoms with Gasteiger partial charge in [0.25, 0.3) is 0 Å². The van der Waals surface area contributed by atoms with Gasteiger partial charge in [0.15, 0.2) is 0 Å². The van der Waals surface area contributed by atoms with Crippen LogP contribution in [0.5, 0.6) is 17.2 Å². The number of aromatic nitrogens is 1. The van der Waals surface area contributed by atoms with Crippen LogP contribution >= 0.6 is 0 Å². The van der Waals surface area contributed by atoms with E-state index in [4.69, 9.17) is 18.6 Å². The molecule has 35 heavy (non-hydrogen) atoms. The number of rotatable bonds is 8. The van der Waals surface area contributed by atoms with Crippen molar-refractivity contribution >= 4 is 28.3 Å². The van der Waals surface area contributed by atoms with Gasteiger partial charge in [-0.2, -0.15) is 0 Å². The van der Waals surface area contributed by atoms with Crippen LogP contribution < -0.4 is 19.5 Å². The lowest BCUT2D eigenvalue weighted by molar-refractivity contribution is -0.111. The number of aryl methyl sites for hydroxylation is 1. The average Bonchev–Trinajstić information content (AvgIpc) is 3.25. The molecule has 0 saturated heterocycles. The van der Waals surface area contributed by atoms with E-state index >= 15 is 0 Å². The van der Waals surface area contributed by atoms with Crippen molar-refractivity contribution in [3.63, 3.8) is 0 Å². The molecule has 2 heterocycles. The monoisotopic (exact) mass is 472 g/mol. The van der Waals surface area contributed by atoms with Gasteiger partial charge in [-0.3, -0.25) is 4.79 Å². The molecule has 0 aliphatic heterocycles. The number of amides is 1. The number of nitrogens with zero attached hydrogens (tertiary/aromatic N) is 1. The Labute approximate surface area is 204 Å². The highest BCUT2D eigenvalue weighted by molar-refractivity contribution is 6.05. The SMILES string of the molecule is CCOc1cc2occ(-c3cc(OC)ccc3OC)c2cc1/C(C)=C/C(=O)Nc1cc(C)ccn1. The first-order valence-electron chi connectivity index (χ1n) is 11.3. The van der Waals surface area contributed by atoms with Gasteiger partial charge in [-0.1, -0.05) is 0 Å². The maximum Gasteiger partial charge on any atom is 0.249 e. The van der Waals surface area contributed by atoms with Gasteiger partial charge in [-0.15, -0.1) is 0 Å². The number of allylic oxidation sites excluding steroid dienone is 1. The summed E-state index contributed by atoms with van der Waals surface area (Å²) in [5, 5.41) is 3.68. The molecule has 0 spiro atoms. The number of benzene rings is 2. The molecule has 7 nitrogen and oxygen atoms in total. The first-order chi connectivity index (χ1) is 16.9. The summed E-state index contributed by atoms with van der Waals surface area (Å²) >= 11 is 0. The van der Waals surface area contributed by atoms with Gasteiger partial charge in [0.1, 0.15) is 28.6 Å². The lowest BCUT2D eigenvalue weighted by Crippen LogP contribution is -2.10. The summed E-state index contributed by atoms with van der Waals surface area (Å²) in [4.78, 5) is 16.9. The summed E-state index contributed by atoms with van der Waals surface area (Å²) in [7, 11) is 3.25.